The second-order valence-electron chi connectivity index (χ2n) is 3.26. The van der Waals surface area contributed by atoms with Crippen LogP contribution < -0.4 is 0 Å². The van der Waals surface area contributed by atoms with Gasteiger partial charge in [0.25, 0.3) is 0 Å². The predicted molar refractivity (Wildman–Crippen MR) is 52.7 cm³/mol. The van der Waals surface area contributed by atoms with E-state index in [1.54, 1.807) is 18.2 Å². The molecule has 16 heavy (non-hydrogen) atoms. The fraction of sp³-hybridized carbons (Fsp3) is 0.0909. The lowest BCUT2D eigenvalue weighted by Gasteiger charge is -1.98. The van der Waals surface area contributed by atoms with E-state index < -0.39 is 5.97 Å². The molecule has 0 saturated heterocycles. The highest BCUT2D eigenvalue weighted by atomic mass is 19.1. The zero-order chi connectivity index (χ0) is 11.5. The highest BCUT2D eigenvalue weighted by Gasteiger charge is 2.12. The Hall–Kier alpha value is -2.17. The minimum atomic E-state index is -1.19. The van der Waals surface area contributed by atoms with Gasteiger partial charge in [0, 0.05) is 12.5 Å². The van der Waals surface area contributed by atoms with Crippen LogP contribution in [0.15, 0.2) is 34.9 Å². The van der Waals surface area contributed by atoms with Crippen LogP contribution in [0.4, 0.5) is 4.39 Å². The van der Waals surface area contributed by atoms with Gasteiger partial charge in [-0.05, 0) is 11.6 Å². The summed E-state index contributed by atoms with van der Waals surface area (Å²) in [5.41, 5.74) is 0.843. The number of hydrogen-bond donors (Lipinski definition) is 1. The lowest BCUT2D eigenvalue weighted by molar-refractivity contribution is 0.0652. The molecule has 0 bridgehead atoms. The van der Waals surface area contributed by atoms with E-state index in [4.69, 9.17) is 5.11 Å². The molecule has 1 aromatic heterocycles. The third-order valence-corrected chi connectivity index (χ3v) is 2.10. The van der Waals surface area contributed by atoms with Gasteiger partial charge in [-0.2, -0.15) is 0 Å². The van der Waals surface area contributed by atoms with Crippen LogP contribution in [0.1, 0.15) is 21.8 Å². The fourth-order valence-corrected chi connectivity index (χ4v) is 1.33. The van der Waals surface area contributed by atoms with Gasteiger partial charge in [-0.1, -0.05) is 23.4 Å². The molecule has 0 amide bonds. The van der Waals surface area contributed by atoms with Gasteiger partial charge in [0.2, 0.25) is 5.76 Å². The Morgan fingerprint density at radius 3 is 2.81 bits per heavy atom. The van der Waals surface area contributed by atoms with Crippen LogP contribution in [0, 0.1) is 5.82 Å². The normalized spacial score (nSPS) is 10.3. The largest absolute Gasteiger partial charge is 0.475 e. The molecule has 0 aliphatic heterocycles. The molecule has 0 spiro atoms. The van der Waals surface area contributed by atoms with Crippen molar-refractivity contribution in [1.29, 1.82) is 0 Å². The summed E-state index contributed by atoms with van der Waals surface area (Å²) in [7, 11) is 0. The molecule has 2 aromatic rings. The first-order chi connectivity index (χ1) is 7.66. The minimum absolute atomic E-state index is 0.212. The third-order valence-electron chi connectivity index (χ3n) is 2.10. The molecule has 0 unspecified atom stereocenters. The zero-order valence-corrected chi connectivity index (χ0v) is 8.18. The van der Waals surface area contributed by atoms with Crippen molar-refractivity contribution in [2.45, 2.75) is 6.42 Å². The average Bonchev–Trinajstić information content (AvgIpc) is 2.70. The van der Waals surface area contributed by atoms with Crippen LogP contribution in [-0.2, 0) is 6.42 Å². The Bertz CT molecular complexity index is 521. The Labute approximate surface area is 90.3 Å². The third kappa shape index (κ3) is 2.08. The maximum absolute atomic E-state index is 13.3. The van der Waals surface area contributed by atoms with Crippen molar-refractivity contribution >= 4 is 5.97 Å². The van der Waals surface area contributed by atoms with Crippen LogP contribution in [0.3, 0.4) is 0 Å². The minimum Gasteiger partial charge on any atom is -0.475 e. The maximum Gasteiger partial charge on any atom is 0.374 e. The van der Waals surface area contributed by atoms with Crippen molar-refractivity contribution in [3.63, 3.8) is 0 Å². The molecule has 0 fully saturated rings. The van der Waals surface area contributed by atoms with Gasteiger partial charge in [0.15, 0.2) is 0 Å². The summed E-state index contributed by atoms with van der Waals surface area (Å²) >= 11 is 0. The zero-order valence-electron chi connectivity index (χ0n) is 8.18. The molecule has 0 saturated carbocycles. The average molecular weight is 221 g/mol. The van der Waals surface area contributed by atoms with Crippen LogP contribution in [0.5, 0.6) is 0 Å². The molecule has 5 heteroatoms. The van der Waals surface area contributed by atoms with E-state index in [1.807, 2.05) is 0 Å². The first-order valence-corrected chi connectivity index (χ1v) is 4.59. The van der Waals surface area contributed by atoms with Crippen LogP contribution >= 0.6 is 0 Å². The van der Waals surface area contributed by atoms with E-state index in [9.17, 15) is 9.18 Å². The van der Waals surface area contributed by atoms with Gasteiger partial charge in [-0.3, -0.25) is 0 Å². The molecular weight excluding hydrogens is 213 g/mol. The van der Waals surface area contributed by atoms with Crippen molar-refractivity contribution in [3.05, 3.63) is 53.2 Å². The van der Waals surface area contributed by atoms with Gasteiger partial charge in [-0.25, -0.2) is 9.18 Å². The summed E-state index contributed by atoms with van der Waals surface area (Å²) in [6.07, 6.45) is 0.212. The van der Waals surface area contributed by atoms with Crippen molar-refractivity contribution in [2.24, 2.45) is 0 Å². The lowest BCUT2D eigenvalue weighted by Crippen LogP contribution is -1.93. The number of nitrogens with zero attached hydrogens (tertiary/aromatic N) is 1. The molecule has 0 aliphatic rings. The number of carboxylic acids is 1. The van der Waals surface area contributed by atoms with Gasteiger partial charge >= 0.3 is 5.97 Å². The van der Waals surface area contributed by atoms with Crippen molar-refractivity contribution < 1.29 is 18.8 Å². The number of rotatable bonds is 3. The van der Waals surface area contributed by atoms with E-state index in [-0.39, 0.29) is 18.0 Å². The Morgan fingerprint density at radius 2 is 2.19 bits per heavy atom. The van der Waals surface area contributed by atoms with Crippen molar-refractivity contribution in [2.75, 3.05) is 0 Å². The standard InChI is InChI=1S/C11H8FNO3/c12-9-4-2-1-3-7(9)5-8-6-10(11(14)15)16-13-8/h1-4,6H,5H2,(H,14,15). The second-order valence-corrected chi connectivity index (χ2v) is 3.26. The quantitative estimate of drug-likeness (QED) is 0.862. The summed E-state index contributed by atoms with van der Waals surface area (Å²) in [5.74, 6) is -1.78. The molecule has 0 atom stereocenters. The fourth-order valence-electron chi connectivity index (χ4n) is 1.33. The van der Waals surface area contributed by atoms with Gasteiger partial charge in [0.1, 0.15) is 5.82 Å². The number of carboxylic acid groups (broad SMARTS) is 1. The summed E-state index contributed by atoms with van der Waals surface area (Å²) in [5, 5.41) is 12.2. The van der Waals surface area contributed by atoms with Crippen LogP contribution in [-0.4, -0.2) is 16.2 Å². The van der Waals surface area contributed by atoms with Crippen LogP contribution in [0.25, 0.3) is 0 Å². The Balaban J connectivity index is 2.21. The smallest absolute Gasteiger partial charge is 0.374 e. The Kier molecular flexibility index (Phi) is 2.68. The number of hydrogen-bond acceptors (Lipinski definition) is 3. The molecular formula is C11H8FNO3. The SMILES string of the molecule is O=C(O)c1cc(Cc2ccccc2F)no1. The van der Waals surface area contributed by atoms with Gasteiger partial charge < -0.3 is 9.63 Å². The number of carbonyl (C=O) groups is 1. The maximum atomic E-state index is 13.3. The summed E-state index contributed by atoms with van der Waals surface area (Å²) < 4.78 is 17.8. The van der Waals surface area contributed by atoms with E-state index >= 15 is 0 Å². The van der Waals surface area contributed by atoms with E-state index in [0.717, 1.165) is 0 Å². The highest BCUT2D eigenvalue weighted by molar-refractivity contribution is 5.84. The summed E-state index contributed by atoms with van der Waals surface area (Å²) in [4.78, 5) is 10.5. The van der Waals surface area contributed by atoms with Gasteiger partial charge in [-0.15, -0.1) is 0 Å². The molecule has 82 valence electrons. The molecule has 0 aliphatic carbocycles. The van der Waals surface area contributed by atoms with E-state index in [2.05, 4.69) is 9.68 Å². The first kappa shape index (κ1) is 10.4. The monoisotopic (exact) mass is 221 g/mol. The lowest BCUT2D eigenvalue weighted by atomic mass is 10.1. The molecule has 1 heterocycles. The van der Waals surface area contributed by atoms with Crippen molar-refractivity contribution in [1.82, 2.24) is 5.16 Å². The molecule has 1 aromatic carbocycles. The van der Waals surface area contributed by atoms with E-state index in [0.29, 0.717) is 11.3 Å². The van der Waals surface area contributed by atoms with Gasteiger partial charge in [0.05, 0.1) is 5.69 Å². The molecule has 4 nitrogen and oxygen atoms in total. The number of aromatic nitrogens is 1. The Morgan fingerprint density at radius 1 is 1.44 bits per heavy atom. The molecule has 0 radical (unpaired) electrons. The molecule has 2 rings (SSSR count). The number of benzene rings is 1. The number of halogens is 1. The highest BCUT2D eigenvalue weighted by Crippen LogP contribution is 2.13. The van der Waals surface area contributed by atoms with Crippen molar-refractivity contribution in [3.8, 4) is 0 Å². The van der Waals surface area contributed by atoms with E-state index in [1.165, 1.54) is 12.1 Å². The van der Waals surface area contributed by atoms with Crippen LogP contribution in [0.2, 0.25) is 0 Å². The number of aromatic carboxylic acids is 1. The topological polar surface area (TPSA) is 63.3 Å². The predicted octanol–water partition coefficient (Wildman–Crippen LogP) is 2.10. The first-order valence-electron chi connectivity index (χ1n) is 4.59. The molecule has 1 N–H and O–H groups in total. The second kappa shape index (κ2) is 4.14. The summed E-state index contributed by atoms with van der Waals surface area (Å²) in [6, 6.07) is 7.54. The summed E-state index contributed by atoms with van der Waals surface area (Å²) in [6.45, 7) is 0.